The molecule has 0 spiro atoms. The normalized spacial score (nSPS) is 27.4. The highest BCUT2D eigenvalue weighted by molar-refractivity contribution is 6.34. The van der Waals surface area contributed by atoms with Gasteiger partial charge in [0.05, 0.1) is 6.10 Å². The van der Waals surface area contributed by atoms with Crippen LogP contribution in [-0.2, 0) is 0 Å². The maximum Gasteiger partial charge on any atom is 0.0546 e. The number of hydrogen-bond donors (Lipinski definition) is 1. The van der Waals surface area contributed by atoms with Crippen LogP contribution in [0.3, 0.4) is 0 Å². The van der Waals surface area contributed by atoms with Crippen molar-refractivity contribution in [3.8, 4) is 0 Å². The zero-order chi connectivity index (χ0) is 10.3. The average molecular weight is 231 g/mol. The molecule has 1 aliphatic carbocycles. The Labute approximate surface area is 93.7 Å². The highest BCUT2D eigenvalue weighted by Gasteiger charge is 2.41. The topological polar surface area (TPSA) is 20.2 Å². The maximum atomic E-state index is 9.40. The van der Waals surface area contributed by atoms with Crippen molar-refractivity contribution < 1.29 is 5.11 Å². The smallest absolute Gasteiger partial charge is 0.0546 e. The molecular weight excluding hydrogens is 219 g/mol. The second-order valence-electron chi connectivity index (χ2n) is 3.95. The van der Waals surface area contributed by atoms with Gasteiger partial charge in [-0.05, 0) is 48.9 Å². The molecule has 1 fully saturated rings. The molecule has 1 N–H and O–H groups in total. The van der Waals surface area contributed by atoms with E-state index in [0.717, 1.165) is 12.0 Å². The molecule has 1 aliphatic rings. The minimum absolute atomic E-state index is 0.238. The maximum absolute atomic E-state index is 9.40. The monoisotopic (exact) mass is 230 g/mol. The lowest BCUT2D eigenvalue weighted by Gasteiger charge is -2.04. The van der Waals surface area contributed by atoms with Crippen LogP contribution in [0.4, 0.5) is 0 Å². The van der Waals surface area contributed by atoms with Gasteiger partial charge in [0.2, 0.25) is 0 Å². The standard InChI is InChI=1S/C11H12Cl2O/c1-6(14)10-5-11(10)7-2-8(12)4-9(13)3-7/h2-4,6,10-11,14H,5H2,1H3/t6-,10-,11-/m0/s1. The van der Waals surface area contributed by atoms with Gasteiger partial charge in [-0.25, -0.2) is 0 Å². The molecular formula is C11H12Cl2O. The van der Waals surface area contributed by atoms with Gasteiger partial charge in [-0.3, -0.25) is 0 Å². The van der Waals surface area contributed by atoms with Gasteiger partial charge in [-0.2, -0.15) is 0 Å². The van der Waals surface area contributed by atoms with Crippen LogP contribution in [0.25, 0.3) is 0 Å². The zero-order valence-electron chi connectivity index (χ0n) is 7.87. The number of aliphatic hydroxyl groups excluding tert-OH is 1. The molecule has 14 heavy (non-hydrogen) atoms. The zero-order valence-corrected chi connectivity index (χ0v) is 9.39. The Morgan fingerprint density at radius 3 is 2.29 bits per heavy atom. The van der Waals surface area contributed by atoms with Crippen molar-refractivity contribution in [3.63, 3.8) is 0 Å². The number of halogens is 2. The van der Waals surface area contributed by atoms with Gasteiger partial charge in [-0.1, -0.05) is 23.2 Å². The van der Waals surface area contributed by atoms with E-state index >= 15 is 0 Å². The Morgan fingerprint density at radius 2 is 1.86 bits per heavy atom. The van der Waals surface area contributed by atoms with Crippen LogP contribution in [0, 0.1) is 5.92 Å². The molecule has 0 heterocycles. The van der Waals surface area contributed by atoms with E-state index in [9.17, 15) is 5.11 Å². The van der Waals surface area contributed by atoms with Gasteiger partial charge in [0.15, 0.2) is 0 Å². The molecule has 0 saturated heterocycles. The van der Waals surface area contributed by atoms with Gasteiger partial charge in [0.1, 0.15) is 0 Å². The lowest BCUT2D eigenvalue weighted by Crippen LogP contribution is -2.03. The first-order valence-corrected chi connectivity index (χ1v) is 5.47. The fourth-order valence-electron chi connectivity index (χ4n) is 1.92. The Bertz CT molecular complexity index is 329. The van der Waals surface area contributed by atoms with Gasteiger partial charge in [0.25, 0.3) is 0 Å². The molecule has 3 atom stereocenters. The summed E-state index contributed by atoms with van der Waals surface area (Å²) in [6.45, 7) is 1.83. The molecule has 1 saturated carbocycles. The second kappa shape index (κ2) is 3.73. The lowest BCUT2D eigenvalue weighted by molar-refractivity contribution is 0.169. The van der Waals surface area contributed by atoms with Crippen molar-refractivity contribution >= 4 is 23.2 Å². The second-order valence-corrected chi connectivity index (χ2v) is 4.82. The van der Waals surface area contributed by atoms with E-state index in [2.05, 4.69) is 0 Å². The summed E-state index contributed by atoms with van der Waals surface area (Å²) >= 11 is 11.8. The molecule has 0 radical (unpaired) electrons. The Balaban J connectivity index is 2.19. The van der Waals surface area contributed by atoms with E-state index in [1.807, 2.05) is 19.1 Å². The van der Waals surface area contributed by atoms with Gasteiger partial charge in [-0.15, -0.1) is 0 Å². The summed E-state index contributed by atoms with van der Waals surface area (Å²) in [5.74, 6) is 0.815. The molecule has 76 valence electrons. The first-order chi connectivity index (χ1) is 6.58. The summed E-state index contributed by atoms with van der Waals surface area (Å²) in [4.78, 5) is 0. The van der Waals surface area contributed by atoms with Crippen molar-refractivity contribution in [1.82, 2.24) is 0 Å². The molecule has 1 nitrogen and oxygen atoms in total. The quantitative estimate of drug-likeness (QED) is 0.826. The Morgan fingerprint density at radius 1 is 1.29 bits per heavy atom. The molecule has 0 aliphatic heterocycles. The molecule has 1 aromatic carbocycles. The number of aliphatic hydroxyl groups is 1. The summed E-state index contributed by atoms with van der Waals surface area (Å²) in [7, 11) is 0. The number of rotatable bonds is 2. The average Bonchev–Trinajstić information content (AvgIpc) is 2.79. The van der Waals surface area contributed by atoms with Gasteiger partial charge in [0, 0.05) is 10.0 Å². The van der Waals surface area contributed by atoms with E-state index in [0.29, 0.717) is 21.9 Å². The van der Waals surface area contributed by atoms with Crippen LogP contribution in [0.1, 0.15) is 24.8 Å². The highest BCUT2D eigenvalue weighted by Crippen LogP contribution is 2.50. The number of benzene rings is 1. The van der Waals surface area contributed by atoms with Crippen molar-refractivity contribution in [2.75, 3.05) is 0 Å². The third kappa shape index (κ3) is 2.05. The lowest BCUT2D eigenvalue weighted by atomic mass is 10.1. The summed E-state index contributed by atoms with van der Waals surface area (Å²) < 4.78 is 0. The van der Waals surface area contributed by atoms with E-state index in [-0.39, 0.29) is 6.10 Å². The molecule has 0 bridgehead atoms. The van der Waals surface area contributed by atoms with Crippen molar-refractivity contribution in [1.29, 1.82) is 0 Å². The molecule has 3 heteroatoms. The summed E-state index contributed by atoms with van der Waals surface area (Å²) in [5.41, 5.74) is 1.15. The van der Waals surface area contributed by atoms with E-state index in [1.165, 1.54) is 0 Å². The minimum atomic E-state index is -0.238. The van der Waals surface area contributed by atoms with Crippen LogP contribution in [0.5, 0.6) is 0 Å². The minimum Gasteiger partial charge on any atom is -0.393 e. The SMILES string of the molecule is C[C@H](O)[C@@H]1C[C@H]1c1cc(Cl)cc(Cl)c1. The highest BCUT2D eigenvalue weighted by atomic mass is 35.5. The fourth-order valence-corrected chi connectivity index (χ4v) is 2.46. The molecule has 2 rings (SSSR count). The predicted molar refractivity (Wildman–Crippen MR) is 59.0 cm³/mol. The van der Waals surface area contributed by atoms with Crippen LogP contribution in [0.15, 0.2) is 18.2 Å². The number of hydrogen-bond acceptors (Lipinski definition) is 1. The summed E-state index contributed by atoms with van der Waals surface area (Å²) in [6.07, 6.45) is 0.798. The van der Waals surface area contributed by atoms with E-state index in [4.69, 9.17) is 23.2 Å². The van der Waals surface area contributed by atoms with Gasteiger partial charge >= 0.3 is 0 Å². The third-order valence-corrected chi connectivity index (χ3v) is 3.21. The predicted octanol–water partition coefficient (Wildman–Crippen LogP) is 3.48. The van der Waals surface area contributed by atoms with Crippen LogP contribution in [-0.4, -0.2) is 11.2 Å². The molecule has 0 aromatic heterocycles. The Hall–Kier alpha value is -0.240. The first-order valence-electron chi connectivity index (χ1n) is 4.72. The van der Waals surface area contributed by atoms with Crippen molar-refractivity contribution in [2.45, 2.75) is 25.4 Å². The largest absolute Gasteiger partial charge is 0.393 e. The van der Waals surface area contributed by atoms with Gasteiger partial charge < -0.3 is 5.11 Å². The third-order valence-electron chi connectivity index (χ3n) is 2.77. The Kier molecular flexibility index (Phi) is 2.74. The van der Waals surface area contributed by atoms with Crippen LogP contribution < -0.4 is 0 Å². The van der Waals surface area contributed by atoms with Crippen LogP contribution >= 0.6 is 23.2 Å². The van der Waals surface area contributed by atoms with Crippen LogP contribution in [0.2, 0.25) is 10.0 Å². The fraction of sp³-hybridized carbons (Fsp3) is 0.455. The molecule has 1 aromatic rings. The first kappa shape index (κ1) is 10.3. The molecule has 0 amide bonds. The van der Waals surface area contributed by atoms with E-state index < -0.39 is 0 Å². The van der Waals surface area contributed by atoms with E-state index in [1.54, 1.807) is 6.07 Å². The van der Waals surface area contributed by atoms with Crippen molar-refractivity contribution in [3.05, 3.63) is 33.8 Å². The molecule has 0 unspecified atom stereocenters. The summed E-state index contributed by atoms with van der Waals surface area (Å²) in [5, 5.41) is 10.7. The van der Waals surface area contributed by atoms with Crippen molar-refractivity contribution in [2.24, 2.45) is 5.92 Å². The summed E-state index contributed by atoms with van der Waals surface area (Å²) in [6, 6.07) is 5.59.